The zero-order valence-electron chi connectivity index (χ0n) is 21.9. The number of anilines is 1. The molecule has 2 N–H and O–H groups in total. The van der Waals surface area contributed by atoms with Crippen LogP contribution in [0.4, 0.5) is 17.1 Å². The van der Waals surface area contributed by atoms with Crippen molar-refractivity contribution in [2.45, 2.75) is 20.3 Å². The number of nitrogens with zero attached hydrogens (tertiary/aromatic N) is 3. The zero-order valence-corrected chi connectivity index (χ0v) is 21.9. The van der Waals surface area contributed by atoms with Gasteiger partial charge in [-0.2, -0.15) is 0 Å². The summed E-state index contributed by atoms with van der Waals surface area (Å²) in [5, 5.41) is 24.1. The van der Waals surface area contributed by atoms with E-state index in [-0.39, 0.29) is 22.9 Å². The van der Waals surface area contributed by atoms with Gasteiger partial charge in [-0.25, -0.2) is 0 Å². The lowest BCUT2D eigenvalue weighted by atomic mass is 10.0. The fraction of sp³-hybridized carbons (Fsp3) is 0.200. The van der Waals surface area contributed by atoms with E-state index in [1.165, 1.54) is 7.11 Å². The quantitative estimate of drug-likeness (QED) is 0.252. The molecule has 0 aliphatic heterocycles. The van der Waals surface area contributed by atoms with Gasteiger partial charge in [0.25, 0.3) is 11.8 Å². The average Bonchev–Trinajstić information content (AvgIpc) is 2.95. The Balaban J connectivity index is 1.78. The second-order valence-corrected chi connectivity index (χ2v) is 8.71. The Hall–Kier alpha value is -4.72. The summed E-state index contributed by atoms with van der Waals surface area (Å²) in [6.45, 7) is 4.45. The summed E-state index contributed by atoms with van der Waals surface area (Å²) in [5.74, 6) is -0.501. The van der Waals surface area contributed by atoms with Crippen molar-refractivity contribution in [1.82, 2.24) is 4.90 Å². The number of phenolic OH excluding ortho intramolecular Hbond substituents is 1. The van der Waals surface area contributed by atoms with E-state index < -0.39 is 5.91 Å². The van der Waals surface area contributed by atoms with Gasteiger partial charge in [-0.3, -0.25) is 9.59 Å². The van der Waals surface area contributed by atoms with Gasteiger partial charge >= 0.3 is 0 Å². The fourth-order valence-corrected chi connectivity index (χ4v) is 4.10. The van der Waals surface area contributed by atoms with Gasteiger partial charge in [-0.1, -0.05) is 49.4 Å². The predicted molar refractivity (Wildman–Crippen MR) is 149 cm³/mol. The Morgan fingerprint density at radius 3 is 2.45 bits per heavy atom. The molecule has 8 nitrogen and oxygen atoms in total. The smallest absolute Gasteiger partial charge is 0.259 e. The predicted octanol–water partition coefficient (Wildman–Crippen LogP) is 6.88. The summed E-state index contributed by atoms with van der Waals surface area (Å²) < 4.78 is 5.42. The van der Waals surface area contributed by atoms with Crippen LogP contribution >= 0.6 is 0 Å². The summed E-state index contributed by atoms with van der Waals surface area (Å²) >= 11 is 0. The third-order valence-electron chi connectivity index (χ3n) is 6.39. The number of nitrogens with one attached hydrogen (secondary N) is 1. The van der Waals surface area contributed by atoms with Crippen molar-refractivity contribution in [3.63, 3.8) is 0 Å². The average molecular weight is 511 g/mol. The molecule has 2 amide bonds. The summed E-state index contributed by atoms with van der Waals surface area (Å²) in [6.07, 6.45) is 0.747. The molecule has 194 valence electrons. The summed E-state index contributed by atoms with van der Waals surface area (Å²) in [6, 6.07) is 21.4. The largest absolute Gasteiger partial charge is 0.505 e. The molecule has 4 rings (SSSR count). The first-order valence-electron chi connectivity index (χ1n) is 12.4. The van der Waals surface area contributed by atoms with Gasteiger partial charge < -0.3 is 20.1 Å². The molecular formula is C30H30N4O4. The van der Waals surface area contributed by atoms with E-state index in [0.717, 1.165) is 12.0 Å². The molecule has 8 heteroatoms. The molecule has 0 unspecified atom stereocenters. The second kappa shape index (κ2) is 11.6. The van der Waals surface area contributed by atoms with Gasteiger partial charge in [-0.15, -0.1) is 10.2 Å². The van der Waals surface area contributed by atoms with E-state index in [9.17, 15) is 14.7 Å². The molecule has 0 spiro atoms. The van der Waals surface area contributed by atoms with Gasteiger partial charge in [0.05, 0.1) is 12.7 Å². The Morgan fingerprint density at radius 2 is 1.71 bits per heavy atom. The standard InChI is InChI=1S/C30H30N4O4/c1-5-19-11-8-10-14-24(19)31-29(36)23-17-20-12-7-9-13-22(20)27(28(23)35)33-32-25-18-21(15-16-26(25)38-4)30(37)34(3)6-2/h7-18,35H,5-6H2,1-4H3,(H,31,36)/b33-32+. The number of azo groups is 1. The van der Waals surface area contributed by atoms with Crippen molar-refractivity contribution in [2.75, 3.05) is 26.0 Å². The minimum absolute atomic E-state index is 0.0732. The van der Waals surface area contributed by atoms with Crippen molar-refractivity contribution in [1.29, 1.82) is 0 Å². The minimum atomic E-state index is -0.460. The van der Waals surface area contributed by atoms with E-state index in [2.05, 4.69) is 15.5 Å². The number of ether oxygens (including phenoxy) is 1. The van der Waals surface area contributed by atoms with Crippen LogP contribution in [0.15, 0.2) is 83.0 Å². The molecule has 0 aliphatic carbocycles. The van der Waals surface area contributed by atoms with Gasteiger partial charge in [-0.05, 0) is 54.6 Å². The van der Waals surface area contributed by atoms with Crippen LogP contribution in [0, 0.1) is 0 Å². The number of hydrogen-bond donors (Lipinski definition) is 2. The van der Waals surface area contributed by atoms with Gasteiger partial charge in [0.1, 0.15) is 17.1 Å². The molecule has 0 fully saturated rings. The molecule has 4 aromatic carbocycles. The fourth-order valence-electron chi connectivity index (χ4n) is 4.10. The van der Waals surface area contributed by atoms with E-state index in [4.69, 9.17) is 4.74 Å². The highest BCUT2D eigenvalue weighted by Crippen LogP contribution is 2.40. The number of methoxy groups -OCH3 is 1. The number of carbonyl (C=O) groups excluding carboxylic acids is 2. The first-order chi connectivity index (χ1) is 18.4. The number of rotatable bonds is 8. The number of carbonyl (C=O) groups is 2. The molecule has 0 saturated carbocycles. The number of amides is 2. The van der Waals surface area contributed by atoms with Crippen LogP contribution < -0.4 is 10.1 Å². The highest BCUT2D eigenvalue weighted by atomic mass is 16.5. The van der Waals surface area contributed by atoms with E-state index in [1.807, 2.05) is 56.3 Å². The van der Waals surface area contributed by atoms with Crippen molar-refractivity contribution in [3.8, 4) is 11.5 Å². The molecule has 0 atom stereocenters. The lowest BCUT2D eigenvalue weighted by molar-refractivity contribution is 0.0802. The van der Waals surface area contributed by atoms with Crippen LogP contribution in [-0.4, -0.2) is 42.5 Å². The van der Waals surface area contributed by atoms with Crippen molar-refractivity contribution in [3.05, 3.63) is 89.5 Å². The maximum Gasteiger partial charge on any atom is 0.259 e. The molecule has 38 heavy (non-hydrogen) atoms. The summed E-state index contributed by atoms with van der Waals surface area (Å²) in [7, 11) is 3.22. The molecule has 0 heterocycles. The first kappa shape index (κ1) is 26.3. The Kier molecular flexibility index (Phi) is 8.01. The maximum absolute atomic E-state index is 13.3. The third kappa shape index (κ3) is 5.34. The Morgan fingerprint density at radius 1 is 0.974 bits per heavy atom. The molecule has 0 aliphatic rings. The topological polar surface area (TPSA) is 104 Å². The Labute approximate surface area is 221 Å². The first-order valence-corrected chi connectivity index (χ1v) is 12.4. The zero-order chi connectivity index (χ0) is 27.2. The third-order valence-corrected chi connectivity index (χ3v) is 6.39. The highest BCUT2D eigenvalue weighted by molar-refractivity contribution is 6.12. The minimum Gasteiger partial charge on any atom is -0.505 e. The number of hydrogen-bond acceptors (Lipinski definition) is 6. The second-order valence-electron chi connectivity index (χ2n) is 8.71. The highest BCUT2D eigenvalue weighted by Gasteiger charge is 2.20. The molecule has 0 saturated heterocycles. The summed E-state index contributed by atoms with van der Waals surface area (Å²) in [5.41, 5.74) is 2.62. The van der Waals surface area contributed by atoms with Gasteiger partial charge in [0.15, 0.2) is 5.75 Å². The number of phenols is 1. The molecule has 0 bridgehead atoms. The van der Waals surface area contributed by atoms with E-state index >= 15 is 0 Å². The van der Waals surface area contributed by atoms with Crippen LogP contribution in [0.1, 0.15) is 40.1 Å². The lowest BCUT2D eigenvalue weighted by Gasteiger charge is -2.15. The van der Waals surface area contributed by atoms with Crippen molar-refractivity contribution in [2.24, 2.45) is 10.2 Å². The van der Waals surface area contributed by atoms with Crippen LogP contribution in [-0.2, 0) is 6.42 Å². The molecular weight excluding hydrogens is 480 g/mol. The monoisotopic (exact) mass is 510 g/mol. The number of aryl methyl sites for hydroxylation is 1. The van der Waals surface area contributed by atoms with Gasteiger partial charge in [0, 0.05) is 30.2 Å². The van der Waals surface area contributed by atoms with Crippen LogP contribution in [0.25, 0.3) is 10.8 Å². The molecule has 0 radical (unpaired) electrons. The maximum atomic E-state index is 13.3. The molecule has 0 aromatic heterocycles. The normalized spacial score (nSPS) is 11.1. The van der Waals surface area contributed by atoms with Crippen LogP contribution in [0.5, 0.6) is 11.5 Å². The van der Waals surface area contributed by atoms with Crippen LogP contribution in [0.3, 0.4) is 0 Å². The summed E-state index contributed by atoms with van der Waals surface area (Å²) in [4.78, 5) is 27.5. The van der Waals surface area contributed by atoms with Crippen LogP contribution in [0.2, 0.25) is 0 Å². The Bertz CT molecular complexity index is 1530. The number of para-hydroxylation sites is 1. The number of fused-ring (bicyclic) bond motifs is 1. The van der Waals surface area contributed by atoms with Crippen molar-refractivity contribution >= 4 is 39.6 Å². The van der Waals surface area contributed by atoms with Crippen molar-refractivity contribution < 1.29 is 19.4 Å². The number of aromatic hydroxyl groups is 1. The molecule has 4 aromatic rings. The van der Waals surface area contributed by atoms with Gasteiger partial charge in [0.2, 0.25) is 0 Å². The number of benzene rings is 4. The van der Waals surface area contributed by atoms with E-state index in [1.54, 1.807) is 42.3 Å². The van der Waals surface area contributed by atoms with E-state index in [0.29, 0.717) is 40.0 Å². The SMILES string of the molecule is CCc1ccccc1NC(=O)c1cc2ccccc2c(/N=N/c2cc(C(=O)N(C)CC)ccc2OC)c1O. The lowest BCUT2D eigenvalue weighted by Crippen LogP contribution is -2.26.